The number of nitrogens with one attached hydrogen (secondary N) is 2. The summed E-state index contributed by atoms with van der Waals surface area (Å²) in [6.45, 7) is 6.84. The number of carboxylic acid groups (broad SMARTS) is 1. The highest BCUT2D eigenvalue weighted by molar-refractivity contribution is 5.96. The Bertz CT molecular complexity index is 1670. The molecule has 1 aliphatic carbocycles. The van der Waals surface area contributed by atoms with E-state index in [-0.39, 0.29) is 24.4 Å². The number of carbonyl (C=O) groups excluding carboxylic acids is 3. The first kappa shape index (κ1) is 36.4. The maximum atomic E-state index is 14.5. The van der Waals surface area contributed by atoms with E-state index >= 15 is 0 Å². The minimum atomic E-state index is -1.39. The molecule has 3 amide bonds. The summed E-state index contributed by atoms with van der Waals surface area (Å²) in [7, 11) is 0. The van der Waals surface area contributed by atoms with Gasteiger partial charge in [-0.05, 0) is 65.2 Å². The number of piperidine rings is 1. The van der Waals surface area contributed by atoms with E-state index in [0.29, 0.717) is 31.4 Å². The van der Waals surface area contributed by atoms with Gasteiger partial charge in [-0.25, -0.2) is 14.3 Å². The number of carbonyl (C=O) groups is 4. The number of fused-ring (bicyclic) bond motifs is 2. The van der Waals surface area contributed by atoms with Crippen molar-refractivity contribution in [2.75, 3.05) is 24.5 Å². The fraction of sp³-hybridized carbons (Fsp3) is 0.632. The van der Waals surface area contributed by atoms with Gasteiger partial charge in [-0.15, -0.1) is 0 Å². The SMILES string of the molecule is CC(C)(C)OC(=O)N[C@@H]1CCCCCCC[C@H]2C[C@]2(C(=O)O)NC(=O)C2C[C@H](n3nc(-c4ccccc4)c(N4CCCCC4)cc3=O)CN2C1=O. The molecule has 1 saturated carbocycles. The second-order valence-corrected chi connectivity index (χ2v) is 15.7. The van der Waals surface area contributed by atoms with Crippen LogP contribution in [0.25, 0.3) is 11.3 Å². The van der Waals surface area contributed by atoms with Gasteiger partial charge in [0.2, 0.25) is 11.8 Å². The maximum Gasteiger partial charge on any atom is 0.408 e. The predicted molar refractivity (Wildman–Crippen MR) is 191 cm³/mol. The van der Waals surface area contributed by atoms with Crippen LogP contribution in [-0.4, -0.2) is 86.5 Å². The lowest BCUT2D eigenvalue weighted by Crippen LogP contribution is -2.56. The normalized spacial score (nSPS) is 27.7. The van der Waals surface area contributed by atoms with Gasteiger partial charge < -0.3 is 30.3 Å². The molecule has 6 rings (SSSR count). The van der Waals surface area contributed by atoms with Crippen molar-refractivity contribution in [2.24, 2.45) is 5.92 Å². The van der Waals surface area contributed by atoms with Crippen LogP contribution in [0.15, 0.2) is 41.2 Å². The van der Waals surface area contributed by atoms with Gasteiger partial charge in [0.1, 0.15) is 28.9 Å². The Morgan fingerprint density at radius 3 is 2.31 bits per heavy atom. The van der Waals surface area contributed by atoms with Crippen LogP contribution in [0.4, 0.5) is 10.5 Å². The number of aromatic nitrogens is 2. The Morgan fingerprint density at radius 2 is 1.63 bits per heavy atom. The van der Waals surface area contributed by atoms with Gasteiger partial charge in [0.05, 0.1) is 11.7 Å². The minimum Gasteiger partial charge on any atom is -0.479 e. The fourth-order valence-corrected chi connectivity index (χ4v) is 8.01. The highest BCUT2D eigenvalue weighted by atomic mass is 16.6. The molecule has 276 valence electrons. The second kappa shape index (κ2) is 15.1. The van der Waals surface area contributed by atoms with E-state index in [2.05, 4.69) is 15.5 Å². The molecule has 5 atom stereocenters. The lowest BCUT2D eigenvalue weighted by molar-refractivity contribution is -0.146. The van der Waals surface area contributed by atoms with Crippen molar-refractivity contribution < 1.29 is 29.0 Å². The summed E-state index contributed by atoms with van der Waals surface area (Å²) in [4.78, 5) is 71.7. The van der Waals surface area contributed by atoms with Crippen LogP contribution in [0.5, 0.6) is 0 Å². The summed E-state index contributed by atoms with van der Waals surface area (Å²) in [5.41, 5.74) is -0.268. The summed E-state index contributed by atoms with van der Waals surface area (Å²) in [5.74, 6) is -2.33. The van der Waals surface area contributed by atoms with Gasteiger partial charge in [-0.2, -0.15) is 5.10 Å². The van der Waals surface area contributed by atoms with Crippen LogP contribution >= 0.6 is 0 Å². The van der Waals surface area contributed by atoms with Crippen LogP contribution < -0.4 is 21.1 Å². The number of nitrogens with zero attached hydrogens (tertiary/aromatic N) is 4. The Balaban J connectivity index is 1.36. The molecule has 3 aliphatic heterocycles. The fourth-order valence-electron chi connectivity index (χ4n) is 8.01. The Morgan fingerprint density at radius 1 is 0.961 bits per heavy atom. The van der Waals surface area contributed by atoms with Crippen molar-refractivity contribution in [3.63, 3.8) is 0 Å². The van der Waals surface area contributed by atoms with Gasteiger partial charge in [-0.3, -0.25) is 14.4 Å². The van der Waals surface area contributed by atoms with E-state index in [4.69, 9.17) is 9.84 Å². The number of carboxylic acids is 1. The van der Waals surface area contributed by atoms with Crippen molar-refractivity contribution in [3.8, 4) is 11.3 Å². The second-order valence-electron chi connectivity index (χ2n) is 15.7. The lowest BCUT2D eigenvalue weighted by Gasteiger charge is -2.31. The molecule has 4 aliphatic rings. The largest absolute Gasteiger partial charge is 0.479 e. The van der Waals surface area contributed by atoms with Crippen LogP contribution in [0, 0.1) is 5.92 Å². The topological polar surface area (TPSA) is 163 Å². The van der Waals surface area contributed by atoms with Gasteiger partial charge in [0.15, 0.2) is 0 Å². The van der Waals surface area contributed by atoms with Crippen LogP contribution in [0.3, 0.4) is 0 Å². The zero-order valence-corrected chi connectivity index (χ0v) is 30.1. The van der Waals surface area contributed by atoms with E-state index in [9.17, 15) is 29.1 Å². The number of benzene rings is 1. The molecule has 0 bridgehead atoms. The third kappa shape index (κ3) is 8.23. The van der Waals surface area contributed by atoms with Crippen LogP contribution in [0.2, 0.25) is 0 Å². The number of anilines is 1. The number of alkyl carbamates (subject to hydrolysis) is 1. The van der Waals surface area contributed by atoms with Crippen molar-refractivity contribution >= 4 is 29.6 Å². The molecular weight excluding hydrogens is 652 g/mol. The number of rotatable bonds is 5. The zero-order chi connectivity index (χ0) is 36.3. The zero-order valence-electron chi connectivity index (χ0n) is 30.1. The first-order chi connectivity index (χ1) is 24.4. The number of amides is 3. The summed E-state index contributed by atoms with van der Waals surface area (Å²) in [5, 5.41) is 20.8. The van der Waals surface area contributed by atoms with Crippen molar-refractivity contribution in [2.45, 2.75) is 127 Å². The molecular formula is C38H52N6O7. The molecule has 2 aromatic rings. The third-order valence-electron chi connectivity index (χ3n) is 10.8. The van der Waals surface area contributed by atoms with Gasteiger partial charge >= 0.3 is 12.1 Å². The molecule has 4 fully saturated rings. The summed E-state index contributed by atoms with van der Waals surface area (Å²) in [6.07, 6.45) is 8.03. The van der Waals surface area contributed by atoms with E-state index in [1.165, 1.54) is 9.58 Å². The van der Waals surface area contributed by atoms with E-state index in [1.54, 1.807) is 26.8 Å². The molecule has 0 spiro atoms. The average Bonchev–Trinajstić information content (AvgIpc) is 3.61. The molecule has 51 heavy (non-hydrogen) atoms. The van der Waals surface area contributed by atoms with Gasteiger partial charge in [0.25, 0.3) is 5.56 Å². The molecule has 3 N–H and O–H groups in total. The molecule has 1 unspecified atom stereocenters. The maximum absolute atomic E-state index is 14.5. The number of hydrogen-bond acceptors (Lipinski definition) is 8. The molecule has 1 aromatic carbocycles. The molecule has 13 heteroatoms. The van der Waals surface area contributed by atoms with Crippen molar-refractivity contribution in [1.82, 2.24) is 25.3 Å². The summed E-state index contributed by atoms with van der Waals surface area (Å²) >= 11 is 0. The predicted octanol–water partition coefficient (Wildman–Crippen LogP) is 4.64. The van der Waals surface area contributed by atoms with Crippen LogP contribution in [-0.2, 0) is 19.1 Å². The third-order valence-corrected chi connectivity index (χ3v) is 10.8. The highest BCUT2D eigenvalue weighted by Gasteiger charge is 2.62. The van der Waals surface area contributed by atoms with Gasteiger partial charge in [-0.1, -0.05) is 62.4 Å². The standard InChI is InChI=1S/C38H52N6O7/c1-37(2,3)51-36(50)39-28-18-12-6-4-5-11-17-26-23-38(26,35(48)49)40-33(46)30-21-27(24-43(30)34(28)47)44-31(45)22-29(42-19-13-8-14-20-42)32(41-44)25-15-9-7-10-16-25/h7,9-10,15-16,22,26-28,30H,4-6,8,11-14,17-21,23-24H2,1-3H3,(H,39,50)(H,40,46)(H,48,49)/t26-,27-,28+,30?,38-/m0/s1. The Labute approximate surface area is 299 Å². The molecule has 4 heterocycles. The summed E-state index contributed by atoms with van der Waals surface area (Å²) in [6, 6.07) is 8.53. The van der Waals surface area contributed by atoms with E-state index in [0.717, 1.165) is 69.3 Å². The Kier molecular flexibility index (Phi) is 10.7. The molecule has 0 radical (unpaired) electrons. The first-order valence-electron chi connectivity index (χ1n) is 18.7. The van der Waals surface area contributed by atoms with Crippen molar-refractivity contribution in [1.29, 1.82) is 0 Å². The lowest BCUT2D eigenvalue weighted by atomic mass is 10.0. The smallest absolute Gasteiger partial charge is 0.408 e. The van der Waals surface area contributed by atoms with Crippen molar-refractivity contribution in [3.05, 3.63) is 46.8 Å². The van der Waals surface area contributed by atoms with Gasteiger partial charge in [0, 0.05) is 37.7 Å². The quantitative estimate of drug-likeness (QED) is 0.403. The highest BCUT2D eigenvalue weighted by Crippen LogP contribution is 2.47. The molecule has 1 aromatic heterocycles. The number of aliphatic carboxylic acids is 1. The average molecular weight is 705 g/mol. The minimum absolute atomic E-state index is 0.0168. The molecule has 13 nitrogen and oxygen atoms in total. The van der Waals surface area contributed by atoms with Crippen LogP contribution in [0.1, 0.15) is 104 Å². The summed E-state index contributed by atoms with van der Waals surface area (Å²) < 4.78 is 6.88. The first-order valence-corrected chi connectivity index (χ1v) is 18.7. The Hall–Kier alpha value is -4.42. The molecule has 3 saturated heterocycles. The number of hydrogen-bond donors (Lipinski definition) is 3. The van der Waals surface area contributed by atoms with E-state index < -0.39 is 53.1 Å². The van der Waals surface area contributed by atoms with E-state index in [1.807, 2.05) is 30.3 Å². The monoisotopic (exact) mass is 704 g/mol. The number of ether oxygens (including phenoxy) is 1.